The minimum atomic E-state index is -0.0263. The molecular formula is C20H26N4O. The Labute approximate surface area is 149 Å². The lowest BCUT2D eigenvalue weighted by Crippen LogP contribution is -2.41. The zero-order valence-corrected chi connectivity index (χ0v) is 15.2. The van der Waals surface area contributed by atoms with Gasteiger partial charge in [0.15, 0.2) is 5.82 Å². The Morgan fingerprint density at radius 1 is 1.16 bits per heavy atom. The summed E-state index contributed by atoms with van der Waals surface area (Å²) < 4.78 is 0. The number of carbonyl (C=O) groups is 1. The predicted molar refractivity (Wildman–Crippen MR) is 101 cm³/mol. The molecule has 0 radical (unpaired) electrons. The Hall–Kier alpha value is -2.43. The van der Waals surface area contributed by atoms with Gasteiger partial charge in [0.25, 0.3) is 0 Å². The number of anilines is 2. The first-order valence-corrected chi connectivity index (χ1v) is 8.99. The van der Waals surface area contributed by atoms with E-state index in [0.717, 1.165) is 36.6 Å². The molecule has 132 valence electrons. The van der Waals surface area contributed by atoms with Crippen LogP contribution in [-0.2, 0) is 4.79 Å². The van der Waals surface area contributed by atoms with E-state index in [2.05, 4.69) is 46.4 Å². The molecule has 1 aliphatic rings. The normalized spacial score (nSPS) is 17.6. The van der Waals surface area contributed by atoms with Crippen LogP contribution in [-0.4, -0.2) is 29.2 Å². The standard InChI is InChI=1S/C20H26N4O/c1-14(2)16-7-9-18(10-8-16)21-20(25)17-5-4-12-24(13-17)19-11-6-15(3)22-23-19/h6-11,14,17H,4-5,12-13H2,1-3H3,(H,21,25). The van der Waals surface area contributed by atoms with Crippen molar-refractivity contribution in [2.24, 2.45) is 5.92 Å². The largest absolute Gasteiger partial charge is 0.354 e. The first-order valence-electron chi connectivity index (χ1n) is 8.99. The van der Waals surface area contributed by atoms with Gasteiger partial charge in [0.2, 0.25) is 5.91 Å². The van der Waals surface area contributed by atoms with E-state index in [0.29, 0.717) is 12.5 Å². The molecule has 0 bridgehead atoms. The third-order valence-electron chi connectivity index (χ3n) is 4.74. The number of nitrogens with one attached hydrogen (secondary N) is 1. The van der Waals surface area contributed by atoms with E-state index >= 15 is 0 Å². The molecule has 1 aliphatic heterocycles. The van der Waals surface area contributed by atoms with Gasteiger partial charge in [-0.05, 0) is 55.5 Å². The van der Waals surface area contributed by atoms with Crippen molar-refractivity contribution >= 4 is 17.4 Å². The minimum absolute atomic E-state index is 0.0263. The molecule has 2 aromatic rings. The molecule has 3 rings (SSSR count). The van der Waals surface area contributed by atoms with Crippen molar-refractivity contribution in [2.45, 2.75) is 39.5 Å². The van der Waals surface area contributed by atoms with Gasteiger partial charge < -0.3 is 10.2 Å². The van der Waals surface area contributed by atoms with Crippen LogP contribution in [0, 0.1) is 12.8 Å². The second-order valence-corrected chi connectivity index (χ2v) is 7.08. The summed E-state index contributed by atoms with van der Waals surface area (Å²) in [4.78, 5) is 14.8. The van der Waals surface area contributed by atoms with E-state index in [9.17, 15) is 4.79 Å². The van der Waals surface area contributed by atoms with Gasteiger partial charge in [0.05, 0.1) is 11.6 Å². The Kier molecular flexibility index (Phi) is 5.31. The van der Waals surface area contributed by atoms with Crippen LogP contribution in [0.5, 0.6) is 0 Å². The van der Waals surface area contributed by atoms with Crippen LogP contribution in [0.2, 0.25) is 0 Å². The van der Waals surface area contributed by atoms with Gasteiger partial charge >= 0.3 is 0 Å². The second-order valence-electron chi connectivity index (χ2n) is 7.08. The third kappa shape index (κ3) is 4.35. The van der Waals surface area contributed by atoms with Gasteiger partial charge in [-0.15, -0.1) is 5.10 Å². The lowest BCUT2D eigenvalue weighted by atomic mass is 9.97. The zero-order chi connectivity index (χ0) is 17.8. The molecule has 1 amide bonds. The summed E-state index contributed by atoms with van der Waals surface area (Å²) in [6, 6.07) is 12.1. The van der Waals surface area contributed by atoms with Crippen LogP contribution in [0.4, 0.5) is 11.5 Å². The van der Waals surface area contributed by atoms with Crippen molar-refractivity contribution in [1.82, 2.24) is 10.2 Å². The number of hydrogen-bond acceptors (Lipinski definition) is 4. The highest BCUT2D eigenvalue weighted by Crippen LogP contribution is 2.23. The van der Waals surface area contributed by atoms with Crippen molar-refractivity contribution in [3.05, 3.63) is 47.7 Å². The summed E-state index contributed by atoms with van der Waals surface area (Å²) in [5.41, 5.74) is 3.04. The number of benzene rings is 1. The number of aromatic nitrogens is 2. The van der Waals surface area contributed by atoms with E-state index in [1.807, 2.05) is 31.2 Å². The lowest BCUT2D eigenvalue weighted by molar-refractivity contribution is -0.120. The third-order valence-corrected chi connectivity index (χ3v) is 4.74. The Morgan fingerprint density at radius 3 is 2.56 bits per heavy atom. The maximum atomic E-state index is 12.6. The molecular weight excluding hydrogens is 312 g/mol. The molecule has 25 heavy (non-hydrogen) atoms. The number of nitrogens with zero attached hydrogens (tertiary/aromatic N) is 3. The number of piperidine rings is 1. The van der Waals surface area contributed by atoms with Crippen LogP contribution in [0.3, 0.4) is 0 Å². The summed E-state index contributed by atoms with van der Waals surface area (Å²) in [5, 5.41) is 11.4. The van der Waals surface area contributed by atoms with Gasteiger partial charge in [-0.2, -0.15) is 5.10 Å². The highest BCUT2D eigenvalue weighted by atomic mass is 16.1. The molecule has 2 heterocycles. The van der Waals surface area contributed by atoms with Crippen molar-refractivity contribution in [3.63, 3.8) is 0 Å². The number of carbonyl (C=O) groups excluding carboxylic acids is 1. The molecule has 1 aromatic heterocycles. The van der Waals surface area contributed by atoms with E-state index in [-0.39, 0.29) is 11.8 Å². The number of amides is 1. The predicted octanol–water partition coefficient (Wildman–Crippen LogP) is 3.76. The quantitative estimate of drug-likeness (QED) is 0.922. The fraction of sp³-hybridized carbons (Fsp3) is 0.450. The van der Waals surface area contributed by atoms with Gasteiger partial charge in [-0.25, -0.2) is 0 Å². The molecule has 1 unspecified atom stereocenters. The molecule has 1 N–H and O–H groups in total. The molecule has 5 heteroatoms. The van der Waals surface area contributed by atoms with Crippen LogP contribution in [0.15, 0.2) is 36.4 Å². The van der Waals surface area contributed by atoms with Crippen LogP contribution >= 0.6 is 0 Å². The fourth-order valence-corrected chi connectivity index (χ4v) is 3.16. The average Bonchev–Trinajstić information content (AvgIpc) is 2.63. The van der Waals surface area contributed by atoms with Crippen LogP contribution in [0.25, 0.3) is 0 Å². The smallest absolute Gasteiger partial charge is 0.229 e. The van der Waals surface area contributed by atoms with Crippen LogP contribution in [0.1, 0.15) is 43.9 Å². The molecule has 0 aliphatic carbocycles. The summed E-state index contributed by atoms with van der Waals surface area (Å²) in [7, 11) is 0. The molecule has 1 fully saturated rings. The molecule has 0 spiro atoms. The Morgan fingerprint density at radius 2 is 1.92 bits per heavy atom. The lowest BCUT2D eigenvalue weighted by Gasteiger charge is -2.32. The monoisotopic (exact) mass is 338 g/mol. The number of aryl methyl sites for hydroxylation is 1. The summed E-state index contributed by atoms with van der Waals surface area (Å²) in [6.07, 6.45) is 1.89. The van der Waals surface area contributed by atoms with Crippen molar-refractivity contribution in [2.75, 3.05) is 23.3 Å². The molecule has 1 aromatic carbocycles. The van der Waals surface area contributed by atoms with E-state index in [1.165, 1.54) is 5.56 Å². The van der Waals surface area contributed by atoms with E-state index in [1.54, 1.807) is 0 Å². The topological polar surface area (TPSA) is 58.1 Å². The SMILES string of the molecule is Cc1ccc(N2CCCC(C(=O)Nc3ccc(C(C)C)cc3)C2)nn1. The molecule has 5 nitrogen and oxygen atoms in total. The zero-order valence-electron chi connectivity index (χ0n) is 15.2. The van der Waals surface area contributed by atoms with E-state index < -0.39 is 0 Å². The average molecular weight is 338 g/mol. The second kappa shape index (κ2) is 7.64. The van der Waals surface area contributed by atoms with Crippen LogP contribution < -0.4 is 10.2 Å². The maximum Gasteiger partial charge on any atom is 0.229 e. The van der Waals surface area contributed by atoms with Crippen molar-refractivity contribution in [1.29, 1.82) is 0 Å². The van der Waals surface area contributed by atoms with Gasteiger partial charge in [0.1, 0.15) is 0 Å². The summed E-state index contributed by atoms with van der Waals surface area (Å²) in [5.74, 6) is 1.40. The van der Waals surface area contributed by atoms with E-state index in [4.69, 9.17) is 0 Å². The molecule has 1 saturated heterocycles. The van der Waals surface area contributed by atoms with Crippen molar-refractivity contribution in [3.8, 4) is 0 Å². The summed E-state index contributed by atoms with van der Waals surface area (Å²) in [6.45, 7) is 7.86. The first kappa shape index (κ1) is 17.4. The molecule has 0 saturated carbocycles. The molecule has 1 atom stereocenters. The highest BCUT2D eigenvalue weighted by molar-refractivity contribution is 5.93. The van der Waals surface area contributed by atoms with Gasteiger partial charge in [0, 0.05) is 18.8 Å². The number of hydrogen-bond donors (Lipinski definition) is 1. The minimum Gasteiger partial charge on any atom is -0.354 e. The maximum absolute atomic E-state index is 12.6. The first-order chi connectivity index (χ1) is 12.0. The number of rotatable bonds is 4. The van der Waals surface area contributed by atoms with Gasteiger partial charge in [-0.3, -0.25) is 4.79 Å². The Bertz CT molecular complexity index is 709. The highest BCUT2D eigenvalue weighted by Gasteiger charge is 2.26. The van der Waals surface area contributed by atoms with Gasteiger partial charge in [-0.1, -0.05) is 26.0 Å². The van der Waals surface area contributed by atoms with Crippen molar-refractivity contribution < 1.29 is 4.79 Å². The fourth-order valence-electron chi connectivity index (χ4n) is 3.16. The Balaban J connectivity index is 1.62. The summed E-state index contributed by atoms with van der Waals surface area (Å²) >= 11 is 0.